The van der Waals surface area contributed by atoms with E-state index in [2.05, 4.69) is 31.4 Å². The van der Waals surface area contributed by atoms with Gasteiger partial charge in [-0.15, -0.1) is 0 Å². The third-order valence-electron chi connectivity index (χ3n) is 4.95. The Hall–Kier alpha value is -3.15. The van der Waals surface area contributed by atoms with Gasteiger partial charge in [0.15, 0.2) is 0 Å². The summed E-state index contributed by atoms with van der Waals surface area (Å²) < 4.78 is 0. The molecule has 1 aliphatic heterocycles. The molecule has 1 atom stereocenters. The maximum Gasteiger partial charge on any atom is 0.229 e. The second-order valence-corrected chi connectivity index (χ2v) is 8.42. The smallest absolute Gasteiger partial charge is 0.229 e. The van der Waals surface area contributed by atoms with Crippen LogP contribution in [0.3, 0.4) is 0 Å². The maximum atomic E-state index is 12.8. The van der Waals surface area contributed by atoms with Crippen molar-refractivity contribution in [1.82, 2.24) is 0 Å². The molecule has 1 saturated heterocycles. The first-order valence-corrected chi connectivity index (χ1v) is 9.73. The number of para-hydroxylation sites is 1. The van der Waals surface area contributed by atoms with E-state index in [9.17, 15) is 14.4 Å². The Morgan fingerprint density at radius 2 is 1.66 bits per heavy atom. The predicted molar refractivity (Wildman–Crippen MR) is 115 cm³/mol. The van der Waals surface area contributed by atoms with Gasteiger partial charge in [0, 0.05) is 37.0 Å². The first kappa shape index (κ1) is 20.6. The second-order valence-electron chi connectivity index (χ2n) is 8.42. The van der Waals surface area contributed by atoms with Crippen LogP contribution < -0.4 is 15.5 Å². The van der Waals surface area contributed by atoms with Gasteiger partial charge in [-0.2, -0.15) is 0 Å². The fraction of sp³-hybridized carbons (Fsp3) is 0.348. The van der Waals surface area contributed by atoms with Gasteiger partial charge in [0.2, 0.25) is 17.7 Å². The minimum absolute atomic E-state index is 0.0474. The molecule has 1 heterocycles. The van der Waals surface area contributed by atoms with E-state index in [1.807, 2.05) is 24.3 Å². The topological polar surface area (TPSA) is 78.5 Å². The molecule has 0 aromatic heterocycles. The van der Waals surface area contributed by atoms with Crippen LogP contribution in [0, 0.1) is 5.92 Å². The molecular formula is C23H27N3O3. The van der Waals surface area contributed by atoms with E-state index in [1.54, 1.807) is 29.2 Å². The van der Waals surface area contributed by atoms with E-state index < -0.39 is 5.92 Å². The van der Waals surface area contributed by atoms with Gasteiger partial charge >= 0.3 is 0 Å². The molecule has 29 heavy (non-hydrogen) atoms. The average molecular weight is 393 g/mol. The summed E-state index contributed by atoms with van der Waals surface area (Å²) in [6.07, 6.45) is 0.176. The molecule has 0 aliphatic carbocycles. The van der Waals surface area contributed by atoms with Crippen molar-refractivity contribution in [2.45, 2.75) is 39.5 Å². The van der Waals surface area contributed by atoms with E-state index >= 15 is 0 Å². The number of nitrogens with zero attached hydrogens (tertiary/aromatic N) is 1. The average Bonchev–Trinajstić information content (AvgIpc) is 3.02. The Balaban J connectivity index is 1.74. The Morgan fingerprint density at radius 1 is 1.00 bits per heavy atom. The van der Waals surface area contributed by atoms with Gasteiger partial charge in [-0.05, 0) is 35.2 Å². The van der Waals surface area contributed by atoms with Crippen molar-refractivity contribution in [1.29, 1.82) is 0 Å². The van der Waals surface area contributed by atoms with Crippen LogP contribution in [0.2, 0.25) is 0 Å². The van der Waals surface area contributed by atoms with Crippen LogP contribution >= 0.6 is 0 Å². The second kappa shape index (κ2) is 8.07. The molecule has 6 heteroatoms. The summed E-state index contributed by atoms with van der Waals surface area (Å²) in [5.74, 6) is -0.856. The van der Waals surface area contributed by atoms with Crippen molar-refractivity contribution in [2.24, 2.45) is 5.92 Å². The quantitative estimate of drug-likeness (QED) is 0.826. The highest BCUT2D eigenvalue weighted by atomic mass is 16.2. The summed E-state index contributed by atoms with van der Waals surface area (Å²) in [6, 6.07) is 14.8. The van der Waals surface area contributed by atoms with Crippen LogP contribution in [0.1, 0.15) is 39.7 Å². The lowest BCUT2D eigenvalue weighted by Gasteiger charge is -2.27. The van der Waals surface area contributed by atoms with Crippen molar-refractivity contribution in [3.8, 4) is 0 Å². The lowest BCUT2D eigenvalue weighted by atomic mass is 9.85. The SMILES string of the molecule is CC(=O)Nc1cccc(NC(=O)C2CC(=O)N(c3ccccc3C(C)(C)C)C2)c1. The zero-order chi connectivity index (χ0) is 21.2. The molecule has 2 aromatic rings. The van der Waals surface area contributed by atoms with Crippen LogP contribution in [-0.2, 0) is 19.8 Å². The number of rotatable bonds is 4. The largest absolute Gasteiger partial charge is 0.326 e. The molecule has 6 nitrogen and oxygen atoms in total. The summed E-state index contributed by atoms with van der Waals surface area (Å²) in [5.41, 5.74) is 3.03. The molecule has 0 spiro atoms. The van der Waals surface area contributed by atoms with Crippen LogP contribution in [0.25, 0.3) is 0 Å². The molecule has 1 aliphatic rings. The van der Waals surface area contributed by atoms with E-state index in [4.69, 9.17) is 0 Å². The van der Waals surface area contributed by atoms with E-state index in [-0.39, 0.29) is 29.6 Å². The van der Waals surface area contributed by atoms with Gasteiger partial charge in [-0.25, -0.2) is 0 Å². The number of amides is 3. The van der Waals surface area contributed by atoms with Crippen LogP contribution in [-0.4, -0.2) is 24.3 Å². The lowest BCUT2D eigenvalue weighted by molar-refractivity contribution is -0.122. The predicted octanol–water partition coefficient (Wildman–Crippen LogP) is 3.93. The van der Waals surface area contributed by atoms with Crippen molar-refractivity contribution < 1.29 is 14.4 Å². The Morgan fingerprint density at radius 3 is 2.31 bits per heavy atom. The van der Waals surface area contributed by atoms with Gasteiger partial charge in [0.05, 0.1) is 5.92 Å². The summed E-state index contributed by atoms with van der Waals surface area (Å²) in [4.78, 5) is 38.4. The summed E-state index contributed by atoms with van der Waals surface area (Å²) in [6.45, 7) is 8.11. The molecule has 0 bridgehead atoms. The fourth-order valence-corrected chi connectivity index (χ4v) is 3.58. The Kier molecular flexibility index (Phi) is 5.73. The van der Waals surface area contributed by atoms with Gasteiger partial charge in [0.25, 0.3) is 0 Å². The van der Waals surface area contributed by atoms with E-state index in [0.29, 0.717) is 17.9 Å². The first-order chi connectivity index (χ1) is 13.6. The fourth-order valence-electron chi connectivity index (χ4n) is 3.58. The normalized spacial score (nSPS) is 16.6. The number of carbonyl (C=O) groups excluding carboxylic acids is 3. The van der Waals surface area contributed by atoms with Gasteiger partial charge in [-0.3, -0.25) is 14.4 Å². The molecule has 1 unspecified atom stereocenters. The summed E-state index contributed by atoms with van der Waals surface area (Å²) >= 11 is 0. The number of anilines is 3. The molecule has 0 radical (unpaired) electrons. The van der Waals surface area contributed by atoms with Crippen molar-refractivity contribution >= 4 is 34.8 Å². The number of hydrogen-bond donors (Lipinski definition) is 2. The third kappa shape index (κ3) is 4.83. The van der Waals surface area contributed by atoms with Crippen molar-refractivity contribution in [3.63, 3.8) is 0 Å². The van der Waals surface area contributed by atoms with Crippen molar-refractivity contribution in [2.75, 3.05) is 22.1 Å². The van der Waals surface area contributed by atoms with Gasteiger partial charge in [0.1, 0.15) is 0 Å². The molecule has 152 valence electrons. The van der Waals surface area contributed by atoms with Gasteiger partial charge < -0.3 is 15.5 Å². The number of nitrogens with one attached hydrogen (secondary N) is 2. The molecule has 0 saturated carbocycles. The number of hydrogen-bond acceptors (Lipinski definition) is 3. The molecule has 3 rings (SSSR count). The van der Waals surface area contributed by atoms with E-state index in [0.717, 1.165) is 11.3 Å². The van der Waals surface area contributed by atoms with E-state index in [1.165, 1.54) is 6.92 Å². The molecule has 2 aromatic carbocycles. The monoisotopic (exact) mass is 393 g/mol. The van der Waals surface area contributed by atoms with Crippen LogP contribution in [0.15, 0.2) is 48.5 Å². The minimum Gasteiger partial charge on any atom is -0.326 e. The molecule has 1 fully saturated rings. The molecular weight excluding hydrogens is 366 g/mol. The Bertz CT molecular complexity index is 946. The highest BCUT2D eigenvalue weighted by Crippen LogP contribution is 2.35. The van der Waals surface area contributed by atoms with Crippen LogP contribution in [0.5, 0.6) is 0 Å². The Labute approximate surface area is 171 Å². The number of benzene rings is 2. The number of carbonyl (C=O) groups is 3. The zero-order valence-corrected chi connectivity index (χ0v) is 17.3. The maximum absolute atomic E-state index is 12.8. The third-order valence-corrected chi connectivity index (χ3v) is 4.95. The summed E-state index contributed by atoms with van der Waals surface area (Å²) in [7, 11) is 0. The lowest BCUT2D eigenvalue weighted by Crippen LogP contribution is -2.30. The zero-order valence-electron chi connectivity index (χ0n) is 17.3. The highest BCUT2D eigenvalue weighted by Gasteiger charge is 2.37. The first-order valence-electron chi connectivity index (χ1n) is 9.73. The van der Waals surface area contributed by atoms with Gasteiger partial charge in [-0.1, -0.05) is 45.0 Å². The highest BCUT2D eigenvalue weighted by molar-refractivity contribution is 6.04. The standard InChI is InChI=1S/C23H27N3O3/c1-15(27)24-17-8-7-9-18(13-17)25-22(29)16-12-21(28)26(14-16)20-11-6-5-10-19(20)23(2,3)4/h5-11,13,16H,12,14H2,1-4H3,(H,24,27)(H,25,29). The van der Waals surface area contributed by atoms with Crippen LogP contribution in [0.4, 0.5) is 17.1 Å². The van der Waals surface area contributed by atoms with Crippen molar-refractivity contribution in [3.05, 3.63) is 54.1 Å². The molecule has 3 amide bonds. The minimum atomic E-state index is -0.431. The summed E-state index contributed by atoms with van der Waals surface area (Å²) in [5, 5.41) is 5.56. The molecule has 2 N–H and O–H groups in total.